The Bertz CT molecular complexity index is 1530. The number of esters is 1. The standard InChI is InChI=1S/C36H53N3O7S/c1-9-12-18-36(11-3)21-47(43,44)30-17-16-27(39(7)8)20-28(30)31(33(36)41)25-14-13-15-26(19-25)37-35(42)38-34-32(45-24(6)40)23(5)22(4)29(10-2)46-34/h13-17,19-20,22-23,29,31-34,41H,9-12,18,21H2,1-8H3,(H2,37,38,42)/t22-,23-,29+,31+,32+,33+,34+,36+/m0/s1. The first-order chi connectivity index (χ1) is 22.2. The van der Waals surface area contributed by atoms with Crippen LogP contribution < -0.4 is 15.5 Å². The van der Waals surface area contributed by atoms with E-state index in [9.17, 15) is 23.1 Å². The Hall–Kier alpha value is -3.15. The molecule has 8 atom stereocenters. The molecule has 11 heteroatoms. The quantitative estimate of drug-likeness (QED) is 0.259. The van der Waals surface area contributed by atoms with E-state index in [1.54, 1.807) is 30.3 Å². The summed E-state index contributed by atoms with van der Waals surface area (Å²) >= 11 is 0. The second kappa shape index (κ2) is 15.0. The van der Waals surface area contributed by atoms with Crippen molar-refractivity contribution >= 4 is 33.2 Å². The predicted octanol–water partition coefficient (Wildman–Crippen LogP) is 6.08. The number of fused-ring (bicyclic) bond motifs is 1. The van der Waals surface area contributed by atoms with Crippen molar-refractivity contribution in [2.75, 3.05) is 30.1 Å². The fourth-order valence-corrected chi connectivity index (χ4v) is 9.61. The number of aliphatic hydroxyl groups is 1. The number of aliphatic hydroxyl groups excluding tert-OH is 1. The van der Waals surface area contributed by atoms with Crippen LogP contribution in [0.3, 0.4) is 0 Å². The minimum absolute atomic E-state index is 0.0436. The third kappa shape index (κ3) is 7.78. The first kappa shape index (κ1) is 36.7. The van der Waals surface area contributed by atoms with Crippen molar-refractivity contribution < 1.29 is 32.6 Å². The summed E-state index contributed by atoms with van der Waals surface area (Å²) in [6.45, 7) is 11.4. The second-order valence-corrected chi connectivity index (χ2v) is 15.6. The van der Waals surface area contributed by atoms with Gasteiger partial charge in [-0.2, -0.15) is 0 Å². The number of anilines is 2. The van der Waals surface area contributed by atoms with Crippen molar-refractivity contribution in [2.24, 2.45) is 17.3 Å². The van der Waals surface area contributed by atoms with Gasteiger partial charge in [0.15, 0.2) is 16.1 Å². The maximum absolute atomic E-state index is 14.0. The molecule has 4 rings (SSSR count). The zero-order valence-corrected chi connectivity index (χ0v) is 29.9. The SMILES string of the molecule is CCCC[C@]1(CC)CS(=O)(=O)c2ccc(N(C)C)cc2[C@@H](c2cccc(NC(=O)N[C@@H]3O[C@H](CC)[C@@H](C)[C@H](C)[C@H]3OC(C)=O)c2)[C@H]1O. The Morgan fingerprint density at radius 2 is 1.81 bits per heavy atom. The van der Waals surface area contributed by atoms with E-state index >= 15 is 0 Å². The van der Waals surface area contributed by atoms with Crippen LogP contribution in [0, 0.1) is 17.3 Å². The van der Waals surface area contributed by atoms with Gasteiger partial charge in [-0.05, 0) is 66.6 Å². The normalized spacial score (nSPS) is 30.0. The van der Waals surface area contributed by atoms with Crippen LogP contribution in [-0.4, -0.2) is 69.9 Å². The number of hydrogen-bond donors (Lipinski definition) is 3. The number of carbonyl (C=O) groups excluding carboxylic acids is 2. The number of hydrogen-bond acceptors (Lipinski definition) is 8. The van der Waals surface area contributed by atoms with Gasteiger partial charge >= 0.3 is 12.0 Å². The fourth-order valence-electron chi connectivity index (χ4n) is 7.36. The third-order valence-corrected chi connectivity index (χ3v) is 12.4. The number of nitrogens with zero attached hydrogens (tertiary/aromatic N) is 1. The van der Waals surface area contributed by atoms with Crippen molar-refractivity contribution in [1.29, 1.82) is 0 Å². The van der Waals surface area contributed by atoms with Crippen LogP contribution in [0.25, 0.3) is 0 Å². The zero-order valence-electron chi connectivity index (χ0n) is 29.1. The van der Waals surface area contributed by atoms with Crippen LogP contribution in [0.15, 0.2) is 47.4 Å². The topological polar surface area (TPSA) is 134 Å². The van der Waals surface area contributed by atoms with Crippen molar-refractivity contribution in [3.63, 3.8) is 0 Å². The first-order valence-electron chi connectivity index (χ1n) is 16.9. The van der Waals surface area contributed by atoms with Gasteiger partial charge in [0.2, 0.25) is 0 Å². The number of urea groups is 1. The molecule has 0 saturated carbocycles. The van der Waals surface area contributed by atoms with E-state index in [1.807, 2.05) is 51.9 Å². The Kier molecular flexibility index (Phi) is 11.7. The van der Waals surface area contributed by atoms with Gasteiger partial charge in [-0.25, -0.2) is 13.2 Å². The Labute approximate surface area is 280 Å². The summed E-state index contributed by atoms with van der Waals surface area (Å²) in [7, 11) is 0.0605. The molecule has 0 spiro atoms. The number of ether oxygens (including phenoxy) is 2. The molecule has 2 aliphatic rings. The molecular formula is C36H53N3O7S. The highest BCUT2D eigenvalue weighted by Gasteiger charge is 2.49. The number of amides is 2. The molecule has 3 N–H and O–H groups in total. The molecule has 2 aromatic rings. The lowest BCUT2D eigenvalue weighted by molar-refractivity contribution is -0.198. The number of sulfone groups is 1. The van der Waals surface area contributed by atoms with E-state index in [0.717, 1.165) is 24.9 Å². The van der Waals surface area contributed by atoms with Crippen LogP contribution in [0.5, 0.6) is 0 Å². The highest BCUT2D eigenvalue weighted by Crippen LogP contribution is 2.49. The van der Waals surface area contributed by atoms with Crippen molar-refractivity contribution in [3.8, 4) is 0 Å². The van der Waals surface area contributed by atoms with E-state index < -0.39 is 51.6 Å². The molecular weight excluding hydrogens is 618 g/mol. The maximum atomic E-state index is 14.0. The number of nitrogens with one attached hydrogen (secondary N) is 2. The molecule has 2 amide bonds. The second-order valence-electron chi connectivity index (χ2n) is 13.6. The van der Waals surface area contributed by atoms with Gasteiger partial charge in [0.05, 0.1) is 22.9 Å². The summed E-state index contributed by atoms with van der Waals surface area (Å²) in [5.74, 6) is -1.16. The molecule has 260 valence electrons. The fraction of sp³-hybridized carbons (Fsp3) is 0.611. The Balaban J connectivity index is 1.72. The first-order valence-corrected chi connectivity index (χ1v) is 18.5. The molecule has 0 radical (unpaired) electrons. The average Bonchev–Trinajstić information content (AvgIpc) is 3.09. The number of unbranched alkanes of at least 4 members (excludes halogenated alkanes) is 1. The number of rotatable bonds is 10. The van der Waals surface area contributed by atoms with E-state index in [0.29, 0.717) is 29.7 Å². The van der Waals surface area contributed by atoms with Crippen molar-refractivity contribution in [1.82, 2.24) is 5.32 Å². The average molecular weight is 672 g/mol. The minimum Gasteiger partial charge on any atom is -0.457 e. The zero-order chi connectivity index (χ0) is 34.7. The van der Waals surface area contributed by atoms with Crippen LogP contribution in [0.4, 0.5) is 16.2 Å². The van der Waals surface area contributed by atoms with E-state index in [2.05, 4.69) is 24.5 Å². The summed E-state index contributed by atoms with van der Waals surface area (Å²) in [4.78, 5) is 27.5. The van der Waals surface area contributed by atoms with Gasteiger partial charge < -0.3 is 30.1 Å². The van der Waals surface area contributed by atoms with E-state index in [4.69, 9.17) is 9.47 Å². The van der Waals surface area contributed by atoms with Gasteiger partial charge in [0.25, 0.3) is 0 Å². The van der Waals surface area contributed by atoms with Crippen molar-refractivity contribution in [3.05, 3.63) is 53.6 Å². The summed E-state index contributed by atoms with van der Waals surface area (Å²) in [6.07, 6.45) is 0.890. The van der Waals surface area contributed by atoms with Gasteiger partial charge in [-0.15, -0.1) is 0 Å². The van der Waals surface area contributed by atoms with Gasteiger partial charge in [0.1, 0.15) is 6.10 Å². The summed E-state index contributed by atoms with van der Waals surface area (Å²) in [5.41, 5.74) is 1.68. The third-order valence-electron chi connectivity index (χ3n) is 10.4. The summed E-state index contributed by atoms with van der Waals surface area (Å²) in [5, 5.41) is 18.1. The molecule has 0 aliphatic carbocycles. The molecule has 0 bridgehead atoms. The molecule has 2 aliphatic heterocycles. The highest BCUT2D eigenvalue weighted by molar-refractivity contribution is 7.91. The van der Waals surface area contributed by atoms with Crippen LogP contribution in [0.2, 0.25) is 0 Å². The molecule has 1 fully saturated rings. The predicted molar refractivity (Wildman–Crippen MR) is 184 cm³/mol. The Morgan fingerprint density at radius 3 is 2.43 bits per heavy atom. The molecule has 2 aromatic carbocycles. The monoisotopic (exact) mass is 671 g/mol. The minimum atomic E-state index is -3.73. The van der Waals surface area contributed by atoms with Crippen LogP contribution >= 0.6 is 0 Å². The van der Waals surface area contributed by atoms with Gasteiger partial charge in [-0.1, -0.05) is 59.6 Å². The lowest BCUT2D eigenvalue weighted by atomic mass is 9.69. The molecule has 47 heavy (non-hydrogen) atoms. The van der Waals surface area contributed by atoms with Gasteiger partial charge in [-0.3, -0.25) is 4.79 Å². The smallest absolute Gasteiger partial charge is 0.321 e. The molecule has 1 saturated heterocycles. The van der Waals surface area contributed by atoms with E-state index in [1.165, 1.54) is 6.92 Å². The molecule has 0 unspecified atom stereocenters. The maximum Gasteiger partial charge on any atom is 0.321 e. The molecule has 0 aromatic heterocycles. The lowest BCUT2D eigenvalue weighted by Crippen LogP contribution is -2.58. The van der Waals surface area contributed by atoms with E-state index in [-0.39, 0.29) is 28.6 Å². The van der Waals surface area contributed by atoms with Crippen molar-refractivity contribution in [2.45, 2.75) is 109 Å². The summed E-state index contributed by atoms with van der Waals surface area (Å²) < 4.78 is 39.8. The van der Waals surface area contributed by atoms with Gasteiger partial charge in [0, 0.05) is 49.6 Å². The Morgan fingerprint density at radius 1 is 1.09 bits per heavy atom. The highest BCUT2D eigenvalue weighted by atomic mass is 32.2. The van der Waals surface area contributed by atoms with Crippen LogP contribution in [0.1, 0.15) is 90.7 Å². The summed E-state index contributed by atoms with van der Waals surface area (Å²) in [6, 6.07) is 12.0. The van der Waals surface area contributed by atoms with Crippen LogP contribution in [-0.2, 0) is 24.1 Å². The lowest BCUT2D eigenvalue weighted by Gasteiger charge is -2.44. The number of carbonyl (C=O) groups is 2. The largest absolute Gasteiger partial charge is 0.457 e. The number of benzene rings is 2. The molecule has 2 heterocycles. The molecule has 10 nitrogen and oxygen atoms in total.